The van der Waals surface area contributed by atoms with Crippen molar-refractivity contribution in [2.75, 3.05) is 25.0 Å². The van der Waals surface area contributed by atoms with Crippen LogP contribution in [0, 0.1) is 5.82 Å². The van der Waals surface area contributed by atoms with Crippen molar-refractivity contribution >= 4 is 32.5 Å². The number of aromatic amines is 1. The highest BCUT2D eigenvalue weighted by Crippen LogP contribution is 2.32. The number of nitrogens with zero attached hydrogens (tertiary/aromatic N) is 1. The maximum atomic E-state index is 13.4. The molecule has 1 amide bonds. The predicted molar refractivity (Wildman–Crippen MR) is 112 cm³/mol. The number of hydrogen-bond acceptors (Lipinski definition) is 4. The summed E-state index contributed by atoms with van der Waals surface area (Å²) in [5, 5.41) is 3.28. The normalized spacial score (nSPS) is 14.9. The molecule has 158 valence electrons. The van der Waals surface area contributed by atoms with Crippen molar-refractivity contribution in [2.24, 2.45) is 0 Å². The lowest BCUT2D eigenvalue weighted by atomic mass is 10.2. The number of hydrogen-bond donors (Lipinski definition) is 2. The molecule has 9 heteroatoms. The van der Waals surface area contributed by atoms with E-state index in [2.05, 4.69) is 10.3 Å². The van der Waals surface area contributed by atoms with Gasteiger partial charge in [-0.2, -0.15) is 4.31 Å². The summed E-state index contributed by atoms with van der Waals surface area (Å²) < 4.78 is 46.5. The van der Waals surface area contributed by atoms with Crippen LogP contribution in [0.2, 0.25) is 0 Å². The molecule has 0 atom stereocenters. The number of anilines is 1. The molecule has 4 rings (SSSR count). The van der Waals surface area contributed by atoms with Crippen molar-refractivity contribution in [2.45, 2.75) is 24.7 Å². The molecule has 2 aromatic carbocycles. The topological polar surface area (TPSA) is 91.5 Å². The van der Waals surface area contributed by atoms with Crippen molar-refractivity contribution < 1.29 is 22.3 Å². The smallest absolute Gasteiger partial charge is 0.272 e. The fourth-order valence-corrected chi connectivity index (χ4v) is 5.23. The molecular formula is C21H22FN3O4S. The minimum absolute atomic E-state index is 0.0303. The number of nitrogens with one attached hydrogen (secondary N) is 2. The zero-order valence-electron chi connectivity index (χ0n) is 16.4. The number of aromatic nitrogens is 1. The number of fused-ring (bicyclic) bond motifs is 1. The van der Waals surface area contributed by atoms with E-state index in [0.29, 0.717) is 36.3 Å². The fourth-order valence-electron chi connectivity index (χ4n) is 3.55. The number of carbonyl (C=O) groups is 1. The fraction of sp³-hybridized carbons (Fsp3) is 0.286. The average Bonchev–Trinajstić information content (AvgIpc) is 3.39. The summed E-state index contributed by atoms with van der Waals surface area (Å²) in [4.78, 5) is 15.6. The van der Waals surface area contributed by atoms with E-state index >= 15 is 0 Å². The van der Waals surface area contributed by atoms with E-state index in [0.717, 1.165) is 12.8 Å². The summed E-state index contributed by atoms with van der Waals surface area (Å²) in [6, 6.07) is 10.3. The molecule has 0 aliphatic carbocycles. The van der Waals surface area contributed by atoms with Gasteiger partial charge in [0, 0.05) is 29.7 Å². The van der Waals surface area contributed by atoms with Crippen LogP contribution >= 0.6 is 0 Å². The Bertz CT molecular complexity index is 1200. The minimum Gasteiger partial charge on any atom is -0.492 e. The van der Waals surface area contributed by atoms with Gasteiger partial charge in [-0.1, -0.05) is 0 Å². The second-order valence-electron chi connectivity index (χ2n) is 7.07. The number of rotatable bonds is 6. The van der Waals surface area contributed by atoms with Crippen molar-refractivity contribution in [1.29, 1.82) is 0 Å². The van der Waals surface area contributed by atoms with Gasteiger partial charge in [0.25, 0.3) is 5.91 Å². The Balaban J connectivity index is 1.64. The van der Waals surface area contributed by atoms with Crippen LogP contribution in [0.3, 0.4) is 0 Å². The quantitative estimate of drug-likeness (QED) is 0.622. The van der Waals surface area contributed by atoms with Crippen LogP contribution in [0.5, 0.6) is 5.75 Å². The third-order valence-electron chi connectivity index (χ3n) is 5.01. The number of benzene rings is 2. The Morgan fingerprint density at radius 3 is 2.67 bits per heavy atom. The van der Waals surface area contributed by atoms with Crippen LogP contribution in [-0.4, -0.2) is 43.3 Å². The van der Waals surface area contributed by atoms with Gasteiger partial charge >= 0.3 is 0 Å². The van der Waals surface area contributed by atoms with E-state index in [1.165, 1.54) is 22.5 Å². The molecule has 0 radical (unpaired) electrons. The summed E-state index contributed by atoms with van der Waals surface area (Å²) in [6.07, 6.45) is 1.64. The Labute approximate surface area is 173 Å². The predicted octanol–water partition coefficient (Wildman–Crippen LogP) is 3.74. The minimum atomic E-state index is -3.73. The Morgan fingerprint density at radius 1 is 1.17 bits per heavy atom. The summed E-state index contributed by atoms with van der Waals surface area (Å²) in [5.41, 5.74) is 1.20. The van der Waals surface area contributed by atoms with E-state index in [1.807, 2.05) is 0 Å². The lowest BCUT2D eigenvalue weighted by Gasteiger charge is -2.19. The zero-order chi connectivity index (χ0) is 21.3. The standard InChI is InChI=1S/C21H22FN3O4S/c1-2-29-19-8-6-16(13-20(19)30(27,28)25-9-3-4-10-25)23-21(26)18-12-14-11-15(22)5-7-17(14)24-18/h5-8,11-13,24H,2-4,9-10H2,1H3,(H,23,26). The molecular weight excluding hydrogens is 409 g/mol. The first-order valence-electron chi connectivity index (χ1n) is 9.75. The highest BCUT2D eigenvalue weighted by atomic mass is 32.2. The van der Waals surface area contributed by atoms with Crippen LogP contribution in [-0.2, 0) is 10.0 Å². The van der Waals surface area contributed by atoms with E-state index in [1.54, 1.807) is 31.2 Å². The molecule has 1 aromatic heterocycles. The molecule has 0 unspecified atom stereocenters. The van der Waals surface area contributed by atoms with Gasteiger partial charge in [0.2, 0.25) is 10.0 Å². The Hall–Kier alpha value is -2.91. The maximum absolute atomic E-state index is 13.4. The second kappa shape index (κ2) is 8.08. The molecule has 2 N–H and O–H groups in total. The van der Waals surface area contributed by atoms with E-state index in [9.17, 15) is 17.6 Å². The number of halogens is 1. The number of amides is 1. The molecule has 30 heavy (non-hydrogen) atoms. The van der Waals surface area contributed by atoms with Gasteiger partial charge < -0.3 is 15.0 Å². The molecule has 7 nitrogen and oxygen atoms in total. The highest BCUT2D eigenvalue weighted by molar-refractivity contribution is 7.89. The lowest BCUT2D eigenvalue weighted by molar-refractivity contribution is 0.102. The summed E-state index contributed by atoms with van der Waals surface area (Å²) in [6.45, 7) is 3.03. The maximum Gasteiger partial charge on any atom is 0.272 e. The third kappa shape index (κ3) is 3.90. The van der Waals surface area contributed by atoms with Crippen LogP contribution in [0.25, 0.3) is 10.9 Å². The second-order valence-corrected chi connectivity index (χ2v) is 8.98. The number of carbonyl (C=O) groups excluding carboxylic acids is 1. The van der Waals surface area contributed by atoms with Crippen molar-refractivity contribution in [3.8, 4) is 5.75 Å². The van der Waals surface area contributed by atoms with E-state index < -0.39 is 21.7 Å². The van der Waals surface area contributed by atoms with Gasteiger partial charge in [0.05, 0.1) is 6.61 Å². The van der Waals surface area contributed by atoms with Gasteiger partial charge in [0.1, 0.15) is 22.2 Å². The van der Waals surface area contributed by atoms with Crippen LogP contribution in [0.15, 0.2) is 47.4 Å². The van der Waals surface area contributed by atoms with Gasteiger partial charge in [-0.15, -0.1) is 0 Å². The first-order chi connectivity index (χ1) is 14.4. The molecule has 1 aliphatic heterocycles. The molecule has 1 fully saturated rings. The molecule has 0 spiro atoms. The Morgan fingerprint density at radius 2 is 1.93 bits per heavy atom. The Kier molecular flexibility index (Phi) is 5.48. The summed E-state index contributed by atoms with van der Waals surface area (Å²) in [5.74, 6) is -0.597. The van der Waals surface area contributed by atoms with Crippen LogP contribution < -0.4 is 10.1 Å². The SMILES string of the molecule is CCOc1ccc(NC(=O)c2cc3cc(F)ccc3[nH]2)cc1S(=O)(=O)N1CCCC1. The monoisotopic (exact) mass is 431 g/mol. The molecule has 2 heterocycles. The van der Waals surface area contributed by atoms with Gasteiger partial charge in [-0.05, 0) is 62.2 Å². The van der Waals surface area contributed by atoms with Gasteiger partial charge in [-0.3, -0.25) is 4.79 Å². The van der Waals surface area contributed by atoms with Crippen LogP contribution in [0.1, 0.15) is 30.3 Å². The summed E-state index contributed by atoms with van der Waals surface area (Å²) in [7, 11) is -3.73. The largest absolute Gasteiger partial charge is 0.492 e. The van der Waals surface area contributed by atoms with Crippen LogP contribution in [0.4, 0.5) is 10.1 Å². The number of H-pyrrole nitrogens is 1. The molecule has 1 aliphatic rings. The molecule has 1 saturated heterocycles. The molecule has 0 bridgehead atoms. The van der Waals surface area contributed by atoms with E-state index in [-0.39, 0.29) is 16.3 Å². The summed E-state index contributed by atoms with van der Waals surface area (Å²) >= 11 is 0. The average molecular weight is 431 g/mol. The molecule has 3 aromatic rings. The first-order valence-corrected chi connectivity index (χ1v) is 11.2. The van der Waals surface area contributed by atoms with Gasteiger partial charge in [0.15, 0.2) is 0 Å². The van der Waals surface area contributed by atoms with Gasteiger partial charge in [-0.25, -0.2) is 12.8 Å². The van der Waals surface area contributed by atoms with Crippen molar-refractivity contribution in [3.63, 3.8) is 0 Å². The third-order valence-corrected chi connectivity index (χ3v) is 6.93. The first kappa shape index (κ1) is 20.4. The van der Waals surface area contributed by atoms with E-state index in [4.69, 9.17) is 4.74 Å². The number of sulfonamides is 1. The number of ether oxygens (including phenoxy) is 1. The molecule has 0 saturated carbocycles. The zero-order valence-corrected chi connectivity index (χ0v) is 17.3. The van der Waals surface area contributed by atoms with Crippen molar-refractivity contribution in [1.82, 2.24) is 9.29 Å². The van der Waals surface area contributed by atoms with Crippen molar-refractivity contribution in [3.05, 3.63) is 54.0 Å². The lowest BCUT2D eigenvalue weighted by Crippen LogP contribution is -2.28. The highest BCUT2D eigenvalue weighted by Gasteiger charge is 2.30.